The Labute approximate surface area is 181 Å². The fourth-order valence-corrected chi connectivity index (χ4v) is 4.23. The van der Waals surface area contributed by atoms with E-state index in [9.17, 15) is 8.42 Å². The van der Waals surface area contributed by atoms with Crippen molar-refractivity contribution in [2.24, 2.45) is 0 Å². The van der Waals surface area contributed by atoms with Crippen LogP contribution in [0, 0.1) is 0 Å². The Morgan fingerprint density at radius 2 is 1.74 bits per heavy atom. The lowest BCUT2D eigenvalue weighted by molar-refractivity contribution is 0.336. The number of sulfonamides is 1. The van der Waals surface area contributed by atoms with Gasteiger partial charge in [0.2, 0.25) is 21.7 Å². The first-order valence-electron chi connectivity index (χ1n) is 9.52. The lowest BCUT2D eigenvalue weighted by Gasteiger charge is -2.16. The molecule has 166 valence electrons. The van der Waals surface area contributed by atoms with Gasteiger partial charge in [-0.05, 0) is 42.3 Å². The molecule has 0 bridgehead atoms. The summed E-state index contributed by atoms with van der Waals surface area (Å²) in [5, 5.41) is 3.96. The molecular weight excluding hydrogens is 422 g/mol. The first kappa shape index (κ1) is 22.6. The van der Waals surface area contributed by atoms with Crippen molar-refractivity contribution in [3.63, 3.8) is 0 Å². The average molecular weight is 448 g/mol. The van der Waals surface area contributed by atoms with E-state index in [1.54, 1.807) is 44.6 Å². The standard InChI is InChI=1S/C21H25N3O6S/c1-6-14-11-16(8-10-18(14)28-4)31(25,26)24(2)13-20-22-21(23-30-20)17-9-7-15(27-3)12-19(17)29-5/h7-12H,6,13H2,1-5H3. The molecule has 0 N–H and O–H groups in total. The molecule has 0 spiro atoms. The Kier molecular flexibility index (Phi) is 6.81. The number of methoxy groups -OCH3 is 3. The lowest BCUT2D eigenvalue weighted by atomic mass is 10.1. The van der Waals surface area contributed by atoms with Crippen molar-refractivity contribution < 1.29 is 27.2 Å². The Morgan fingerprint density at radius 1 is 1.00 bits per heavy atom. The van der Waals surface area contributed by atoms with E-state index in [0.29, 0.717) is 29.2 Å². The summed E-state index contributed by atoms with van der Waals surface area (Å²) in [6.45, 7) is 1.85. The fourth-order valence-electron chi connectivity index (χ4n) is 3.06. The second-order valence-corrected chi connectivity index (χ2v) is 8.71. The molecular formula is C21H25N3O6S. The molecule has 10 heteroatoms. The van der Waals surface area contributed by atoms with Gasteiger partial charge in [-0.25, -0.2) is 8.42 Å². The molecule has 0 atom stereocenters. The molecule has 3 aromatic rings. The SMILES string of the molecule is CCc1cc(S(=O)(=O)N(C)Cc2nc(-c3ccc(OC)cc3OC)no2)ccc1OC. The van der Waals surface area contributed by atoms with Crippen molar-refractivity contribution in [3.8, 4) is 28.6 Å². The van der Waals surface area contributed by atoms with Crippen molar-refractivity contribution in [2.45, 2.75) is 24.8 Å². The number of hydrogen-bond donors (Lipinski definition) is 0. The Bertz CT molecular complexity index is 1160. The van der Waals surface area contributed by atoms with E-state index < -0.39 is 10.0 Å². The lowest BCUT2D eigenvalue weighted by Crippen LogP contribution is -2.26. The summed E-state index contributed by atoms with van der Waals surface area (Å²) in [6.07, 6.45) is 0.646. The van der Waals surface area contributed by atoms with Crippen LogP contribution in [0.5, 0.6) is 17.2 Å². The van der Waals surface area contributed by atoms with Gasteiger partial charge in [0.1, 0.15) is 17.2 Å². The maximum Gasteiger partial charge on any atom is 0.243 e. The predicted octanol–water partition coefficient (Wildman–Crippen LogP) is 3.15. The summed E-state index contributed by atoms with van der Waals surface area (Å²) in [5.41, 5.74) is 1.41. The molecule has 2 aromatic carbocycles. The van der Waals surface area contributed by atoms with Crippen LogP contribution >= 0.6 is 0 Å². The van der Waals surface area contributed by atoms with Gasteiger partial charge in [-0.1, -0.05) is 12.1 Å². The van der Waals surface area contributed by atoms with Crippen molar-refractivity contribution in [3.05, 3.63) is 47.9 Å². The minimum absolute atomic E-state index is 0.0821. The van der Waals surface area contributed by atoms with Crippen LogP contribution in [0.25, 0.3) is 11.4 Å². The highest BCUT2D eigenvalue weighted by atomic mass is 32.2. The van der Waals surface area contributed by atoms with Crippen LogP contribution in [-0.4, -0.2) is 51.2 Å². The van der Waals surface area contributed by atoms with E-state index in [4.69, 9.17) is 18.7 Å². The van der Waals surface area contributed by atoms with Crippen molar-refractivity contribution in [1.29, 1.82) is 0 Å². The summed E-state index contributed by atoms with van der Waals surface area (Å²) in [4.78, 5) is 4.50. The van der Waals surface area contributed by atoms with E-state index in [2.05, 4.69) is 10.1 Å². The maximum atomic E-state index is 13.0. The fraction of sp³-hybridized carbons (Fsp3) is 0.333. The second kappa shape index (κ2) is 9.36. The molecule has 0 saturated heterocycles. The zero-order valence-corrected chi connectivity index (χ0v) is 18.9. The normalized spacial score (nSPS) is 11.5. The molecule has 1 heterocycles. The average Bonchev–Trinajstić information content (AvgIpc) is 3.26. The molecule has 3 rings (SSSR count). The van der Waals surface area contributed by atoms with Crippen LogP contribution in [0.2, 0.25) is 0 Å². The third-order valence-corrected chi connectivity index (χ3v) is 6.62. The van der Waals surface area contributed by atoms with Crippen LogP contribution < -0.4 is 14.2 Å². The molecule has 0 saturated carbocycles. The van der Waals surface area contributed by atoms with Gasteiger partial charge < -0.3 is 18.7 Å². The summed E-state index contributed by atoms with van der Waals surface area (Å²) in [5.74, 6) is 2.24. The smallest absolute Gasteiger partial charge is 0.243 e. The highest BCUT2D eigenvalue weighted by Gasteiger charge is 2.25. The molecule has 31 heavy (non-hydrogen) atoms. The van der Waals surface area contributed by atoms with Gasteiger partial charge in [0.15, 0.2) is 0 Å². The van der Waals surface area contributed by atoms with Gasteiger partial charge >= 0.3 is 0 Å². The number of nitrogens with zero attached hydrogens (tertiary/aromatic N) is 3. The summed E-state index contributed by atoms with van der Waals surface area (Å²) < 4.78 is 48.3. The third-order valence-electron chi connectivity index (χ3n) is 4.82. The van der Waals surface area contributed by atoms with E-state index in [1.807, 2.05) is 6.92 Å². The topological polar surface area (TPSA) is 104 Å². The Hall–Kier alpha value is -3.11. The van der Waals surface area contributed by atoms with Crippen molar-refractivity contribution in [2.75, 3.05) is 28.4 Å². The van der Waals surface area contributed by atoms with Gasteiger partial charge in [0, 0.05) is 13.1 Å². The van der Waals surface area contributed by atoms with Crippen LogP contribution in [0.1, 0.15) is 18.4 Å². The zero-order valence-electron chi connectivity index (χ0n) is 18.1. The molecule has 0 aliphatic rings. The Morgan fingerprint density at radius 3 is 2.39 bits per heavy atom. The highest BCUT2D eigenvalue weighted by Crippen LogP contribution is 2.32. The number of ether oxygens (including phenoxy) is 3. The van der Waals surface area contributed by atoms with Crippen LogP contribution in [0.15, 0.2) is 45.8 Å². The third kappa shape index (κ3) is 4.64. The number of aromatic nitrogens is 2. The van der Waals surface area contributed by atoms with Gasteiger partial charge in [-0.2, -0.15) is 9.29 Å². The van der Waals surface area contributed by atoms with Crippen LogP contribution in [-0.2, 0) is 23.0 Å². The van der Waals surface area contributed by atoms with Crippen LogP contribution in [0.4, 0.5) is 0 Å². The second-order valence-electron chi connectivity index (χ2n) is 6.67. The zero-order chi connectivity index (χ0) is 22.6. The highest BCUT2D eigenvalue weighted by molar-refractivity contribution is 7.89. The molecule has 0 fully saturated rings. The number of aryl methyl sites for hydroxylation is 1. The minimum atomic E-state index is -3.76. The largest absolute Gasteiger partial charge is 0.497 e. The van der Waals surface area contributed by atoms with E-state index >= 15 is 0 Å². The quantitative estimate of drug-likeness (QED) is 0.493. The van der Waals surface area contributed by atoms with Crippen molar-refractivity contribution in [1.82, 2.24) is 14.4 Å². The number of rotatable bonds is 9. The molecule has 0 aliphatic heterocycles. The number of benzene rings is 2. The minimum Gasteiger partial charge on any atom is -0.497 e. The van der Waals surface area contributed by atoms with E-state index in [1.165, 1.54) is 20.2 Å². The van der Waals surface area contributed by atoms with Gasteiger partial charge in [0.05, 0.1) is 38.3 Å². The van der Waals surface area contributed by atoms with Crippen LogP contribution in [0.3, 0.4) is 0 Å². The van der Waals surface area contributed by atoms with E-state index in [-0.39, 0.29) is 23.2 Å². The Balaban J connectivity index is 1.83. The molecule has 0 amide bonds. The van der Waals surface area contributed by atoms with Crippen molar-refractivity contribution >= 4 is 10.0 Å². The number of hydrogen-bond acceptors (Lipinski definition) is 8. The summed E-state index contributed by atoms with van der Waals surface area (Å²) in [7, 11) is 2.34. The monoisotopic (exact) mass is 447 g/mol. The van der Waals surface area contributed by atoms with Gasteiger partial charge in [-0.3, -0.25) is 0 Å². The molecule has 0 aliphatic carbocycles. The predicted molar refractivity (Wildman–Crippen MR) is 114 cm³/mol. The van der Waals surface area contributed by atoms with Gasteiger partial charge in [0.25, 0.3) is 0 Å². The molecule has 1 aromatic heterocycles. The summed E-state index contributed by atoms with van der Waals surface area (Å²) >= 11 is 0. The first-order valence-corrected chi connectivity index (χ1v) is 11.0. The first-order chi connectivity index (χ1) is 14.8. The summed E-state index contributed by atoms with van der Waals surface area (Å²) in [6, 6.07) is 9.99. The molecule has 9 nitrogen and oxygen atoms in total. The maximum absolute atomic E-state index is 13.0. The molecule has 0 unspecified atom stereocenters. The van der Waals surface area contributed by atoms with Gasteiger partial charge in [-0.15, -0.1) is 0 Å². The van der Waals surface area contributed by atoms with E-state index in [0.717, 1.165) is 9.87 Å². The molecule has 0 radical (unpaired) electrons.